The van der Waals surface area contributed by atoms with Gasteiger partial charge in [-0.1, -0.05) is 46.4 Å². The van der Waals surface area contributed by atoms with E-state index < -0.39 is 27.9 Å². The van der Waals surface area contributed by atoms with Crippen molar-refractivity contribution >= 4 is 63.8 Å². The van der Waals surface area contributed by atoms with Gasteiger partial charge in [0.1, 0.15) is 5.75 Å². The van der Waals surface area contributed by atoms with E-state index in [9.17, 15) is 19.8 Å². The van der Waals surface area contributed by atoms with Crippen LogP contribution in [0.15, 0.2) is 18.2 Å². The number of hydrogen-bond donors (Lipinski definition) is 2. The number of phenolic OH excluding ortho intramolecular Hbond substituents is 1. The number of aromatic hydroxyl groups is 1. The number of ketones is 1. The average molecular weight is 451 g/mol. The zero-order valence-electron chi connectivity index (χ0n) is 14.3. The Labute approximate surface area is 176 Å². The second-order valence-electron chi connectivity index (χ2n) is 5.51. The third-order valence-electron chi connectivity index (χ3n) is 4.06. The van der Waals surface area contributed by atoms with Crippen molar-refractivity contribution in [2.45, 2.75) is 13.8 Å². The van der Waals surface area contributed by atoms with E-state index in [2.05, 4.69) is 0 Å². The van der Waals surface area contributed by atoms with Gasteiger partial charge in [-0.25, -0.2) is 4.79 Å². The van der Waals surface area contributed by atoms with Crippen LogP contribution in [-0.2, 0) is 0 Å². The standard InChI is InChI=1S/C18H15Cl4NO4/c1-3-23(4-2)8-5-6-9(10(24)7-8)17(25)11-12(18(26)27)14(20)16(22)15(21)13(11)19/h5-7,24H,3-4H2,1-2H3,(H,26,27). The SMILES string of the molecule is CCN(CC)c1ccc(C(=O)c2c(Cl)c(Cl)c(Cl)c(Cl)c2C(=O)O)c(O)c1. The quantitative estimate of drug-likeness (QED) is 0.331. The summed E-state index contributed by atoms with van der Waals surface area (Å²) in [6, 6.07) is 4.46. The van der Waals surface area contributed by atoms with Crippen molar-refractivity contribution in [3.05, 3.63) is 55.0 Å². The molecule has 144 valence electrons. The minimum Gasteiger partial charge on any atom is -0.507 e. The van der Waals surface area contributed by atoms with Crippen LogP contribution in [-0.4, -0.2) is 35.1 Å². The molecular formula is C18H15Cl4NO4. The Hall–Kier alpha value is -1.66. The second kappa shape index (κ2) is 8.57. The summed E-state index contributed by atoms with van der Waals surface area (Å²) in [5.74, 6) is -2.65. The Morgan fingerprint density at radius 2 is 1.44 bits per heavy atom. The lowest BCUT2D eigenvalue weighted by Gasteiger charge is -2.21. The number of phenols is 1. The summed E-state index contributed by atoms with van der Waals surface area (Å²) in [6.45, 7) is 5.33. The van der Waals surface area contributed by atoms with Gasteiger partial charge < -0.3 is 15.1 Å². The molecule has 0 bridgehead atoms. The number of rotatable bonds is 6. The van der Waals surface area contributed by atoms with E-state index in [-0.39, 0.29) is 26.4 Å². The summed E-state index contributed by atoms with van der Waals surface area (Å²) in [7, 11) is 0. The number of carbonyl (C=O) groups excluding carboxylic acids is 1. The third-order valence-corrected chi connectivity index (χ3v) is 5.86. The first-order valence-electron chi connectivity index (χ1n) is 7.87. The first-order chi connectivity index (χ1) is 12.6. The van der Waals surface area contributed by atoms with Crippen molar-refractivity contribution in [1.82, 2.24) is 0 Å². The molecule has 0 spiro atoms. The highest BCUT2D eigenvalue weighted by molar-refractivity contribution is 6.54. The van der Waals surface area contributed by atoms with Gasteiger partial charge in [0.25, 0.3) is 0 Å². The number of carboxylic acid groups (broad SMARTS) is 1. The lowest BCUT2D eigenvalue weighted by molar-refractivity contribution is 0.0693. The van der Waals surface area contributed by atoms with E-state index in [1.165, 1.54) is 12.1 Å². The van der Waals surface area contributed by atoms with Crippen LogP contribution in [0, 0.1) is 0 Å². The highest BCUT2D eigenvalue weighted by atomic mass is 35.5. The van der Waals surface area contributed by atoms with Crippen molar-refractivity contribution in [2.24, 2.45) is 0 Å². The van der Waals surface area contributed by atoms with E-state index >= 15 is 0 Å². The molecule has 0 atom stereocenters. The maximum Gasteiger partial charge on any atom is 0.338 e. The van der Waals surface area contributed by atoms with Gasteiger partial charge in [-0.05, 0) is 26.0 Å². The fourth-order valence-electron chi connectivity index (χ4n) is 2.68. The molecule has 0 fully saturated rings. The molecule has 0 aliphatic rings. The molecular weight excluding hydrogens is 436 g/mol. The van der Waals surface area contributed by atoms with Crippen LogP contribution in [0.5, 0.6) is 5.75 Å². The molecule has 9 heteroatoms. The minimum absolute atomic E-state index is 0.134. The molecule has 0 amide bonds. The molecule has 0 saturated carbocycles. The molecule has 27 heavy (non-hydrogen) atoms. The topological polar surface area (TPSA) is 77.8 Å². The van der Waals surface area contributed by atoms with Gasteiger partial charge in [0.2, 0.25) is 0 Å². The summed E-state index contributed by atoms with van der Waals surface area (Å²) in [5.41, 5.74) is -0.432. The van der Waals surface area contributed by atoms with Gasteiger partial charge in [-0.15, -0.1) is 0 Å². The number of aromatic carboxylic acids is 1. The predicted octanol–water partition coefficient (Wildman–Crippen LogP) is 5.78. The highest BCUT2D eigenvalue weighted by Gasteiger charge is 2.30. The third kappa shape index (κ3) is 3.97. The lowest BCUT2D eigenvalue weighted by atomic mass is 9.97. The van der Waals surface area contributed by atoms with E-state index in [4.69, 9.17) is 46.4 Å². The molecule has 2 aromatic rings. The van der Waals surface area contributed by atoms with E-state index in [1.807, 2.05) is 18.7 Å². The Balaban J connectivity index is 2.67. The monoisotopic (exact) mass is 449 g/mol. The largest absolute Gasteiger partial charge is 0.507 e. The van der Waals surface area contributed by atoms with Crippen LogP contribution in [0.1, 0.15) is 40.1 Å². The van der Waals surface area contributed by atoms with Crippen molar-refractivity contribution < 1.29 is 19.8 Å². The Kier molecular flexibility index (Phi) is 6.87. The molecule has 2 aromatic carbocycles. The maximum absolute atomic E-state index is 13.0. The number of anilines is 1. The summed E-state index contributed by atoms with van der Waals surface area (Å²) in [5, 5.41) is 18.6. The molecule has 2 rings (SSSR count). The number of benzene rings is 2. The summed E-state index contributed by atoms with van der Waals surface area (Å²) in [6.07, 6.45) is 0. The summed E-state index contributed by atoms with van der Waals surface area (Å²) in [4.78, 5) is 26.6. The van der Waals surface area contributed by atoms with Gasteiger partial charge in [-0.2, -0.15) is 0 Å². The molecule has 0 radical (unpaired) electrons. The predicted molar refractivity (Wildman–Crippen MR) is 109 cm³/mol. The van der Waals surface area contributed by atoms with Crippen molar-refractivity contribution in [1.29, 1.82) is 0 Å². The van der Waals surface area contributed by atoms with Crippen LogP contribution in [0.4, 0.5) is 5.69 Å². The summed E-state index contributed by atoms with van der Waals surface area (Å²) >= 11 is 23.9. The molecule has 0 unspecified atom stereocenters. The van der Waals surface area contributed by atoms with Crippen LogP contribution in [0.25, 0.3) is 0 Å². The van der Waals surface area contributed by atoms with Crippen LogP contribution in [0.2, 0.25) is 20.1 Å². The van der Waals surface area contributed by atoms with Crippen molar-refractivity contribution in [3.63, 3.8) is 0 Å². The van der Waals surface area contributed by atoms with E-state index in [0.29, 0.717) is 18.8 Å². The lowest BCUT2D eigenvalue weighted by Crippen LogP contribution is -2.21. The van der Waals surface area contributed by atoms with E-state index in [1.54, 1.807) is 6.07 Å². The zero-order chi connectivity index (χ0) is 20.5. The zero-order valence-corrected chi connectivity index (χ0v) is 17.3. The molecule has 0 aliphatic heterocycles. The highest BCUT2D eigenvalue weighted by Crippen LogP contribution is 2.43. The Bertz CT molecular complexity index is 926. The van der Waals surface area contributed by atoms with Crippen molar-refractivity contribution in [3.8, 4) is 5.75 Å². The number of hydrogen-bond acceptors (Lipinski definition) is 4. The number of carbonyl (C=O) groups is 2. The van der Waals surface area contributed by atoms with Crippen LogP contribution < -0.4 is 4.90 Å². The van der Waals surface area contributed by atoms with Crippen LogP contribution in [0.3, 0.4) is 0 Å². The molecule has 0 aliphatic carbocycles. The molecule has 5 nitrogen and oxygen atoms in total. The Morgan fingerprint density at radius 1 is 0.926 bits per heavy atom. The molecule has 0 heterocycles. The fourth-order valence-corrected chi connectivity index (χ4v) is 3.70. The van der Waals surface area contributed by atoms with Gasteiger partial charge >= 0.3 is 5.97 Å². The Morgan fingerprint density at radius 3 is 1.89 bits per heavy atom. The number of halogens is 4. The average Bonchev–Trinajstić information content (AvgIpc) is 2.63. The van der Waals surface area contributed by atoms with Crippen molar-refractivity contribution in [2.75, 3.05) is 18.0 Å². The molecule has 0 saturated heterocycles. The smallest absolute Gasteiger partial charge is 0.338 e. The maximum atomic E-state index is 13.0. The summed E-state index contributed by atoms with van der Waals surface area (Å²) < 4.78 is 0. The first-order valence-corrected chi connectivity index (χ1v) is 9.38. The van der Waals surface area contributed by atoms with E-state index in [0.717, 1.165) is 0 Å². The number of nitrogens with zero attached hydrogens (tertiary/aromatic N) is 1. The normalized spacial score (nSPS) is 10.7. The minimum atomic E-state index is -1.50. The molecule has 0 aromatic heterocycles. The van der Waals surface area contributed by atoms with Crippen LogP contribution >= 0.6 is 46.4 Å². The van der Waals surface area contributed by atoms with Gasteiger partial charge in [0, 0.05) is 24.8 Å². The number of carboxylic acids is 1. The molecule has 2 N–H and O–H groups in total. The fraction of sp³-hybridized carbons (Fsp3) is 0.222. The van der Waals surface area contributed by atoms with Gasteiger partial charge in [-0.3, -0.25) is 4.79 Å². The second-order valence-corrected chi connectivity index (χ2v) is 7.03. The first kappa shape index (κ1) is 21.6. The van der Waals surface area contributed by atoms with Gasteiger partial charge in [0.15, 0.2) is 5.78 Å². The van der Waals surface area contributed by atoms with Gasteiger partial charge in [0.05, 0.1) is 36.8 Å².